The lowest BCUT2D eigenvalue weighted by atomic mass is 10.1. The van der Waals surface area contributed by atoms with Crippen LogP contribution in [0.25, 0.3) is 0 Å². The number of amides is 1. The molecule has 1 aliphatic heterocycles. The van der Waals surface area contributed by atoms with Crippen LogP contribution in [-0.2, 0) is 4.74 Å². The van der Waals surface area contributed by atoms with E-state index in [1.165, 1.54) is 11.5 Å². The SMILES string of the molecule is CNc1snc(C)c1C(=O)N1C[C@@H](C)O[C@H](C)C1. The Kier molecular flexibility index (Phi) is 3.87. The van der Waals surface area contributed by atoms with E-state index in [2.05, 4.69) is 9.69 Å². The van der Waals surface area contributed by atoms with E-state index in [4.69, 9.17) is 4.74 Å². The molecule has 0 bridgehead atoms. The van der Waals surface area contributed by atoms with Crippen molar-refractivity contribution in [3.05, 3.63) is 11.3 Å². The second-order valence-corrected chi connectivity index (χ2v) is 5.46. The van der Waals surface area contributed by atoms with Gasteiger partial charge in [0.2, 0.25) is 0 Å². The number of aryl methyl sites for hydroxylation is 1. The number of ether oxygens (including phenoxy) is 1. The van der Waals surface area contributed by atoms with E-state index in [1.54, 1.807) is 0 Å². The zero-order valence-corrected chi connectivity index (χ0v) is 12.0. The highest BCUT2D eigenvalue weighted by molar-refractivity contribution is 7.10. The van der Waals surface area contributed by atoms with Gasteiger partial charge in [-0.05, 0) is 32.3 Å². The van der Waals surface area contributed by atoms with Crippen molar-refractivity contribution < 1.29 is 9.53 Å². The summed E-state index contributed by atoms with van der Waals surface area (Å²) in [4.78, 5) is 14.4. The molecule has 0 spiro atoms. The van der Waals surface area contributed by atoms with Crippen LogP contribution in [0, 0.1) is 6.92 Å². The second kappa shape index (κ2) is 5.24. The van der Waals surface area contributed by atoms with Gasteiger partial charge in [-0.15, -0.1) is 0 Å². The number of carbonyl (C=O) groups excluding carboxylic acids is 1. The van der Waals surface area contributed by atoms with Crippen molar-refractivity contribution in [2.75, 3.05) is 25.5 Å². The third kappa shape index (κ3) is 2.49. The van der Waals surface area contributed by atoms with E-state index >= 15 is 0 Å². The number of nitrogens with one attached hydrogen (secondary N) is 1. The van der Waals surface area contributed by atoms with E-state index < -0.39 is 0 Å². The van der Waals surface area contributed by atoms with Crippen LogP contribution in [0.3, 0.4) is 0 Å². The van der Waals surface area contributed by atoms with Crippen molar-refractivity contribution in [1.29, 1.82) is 0 Å². The average molecular weight is 269 g/mol. The van der Waals surface area contributed by atoms with Crippen LogP contribution in [0.15, 0.2) is 0 Å². The topological polar surface area (TPSA) is 54.5 Å². The Bertz CT molecular complexity index is 437. The van der Waals surface area contributed by atoms with Gasteiger partial charge in [0.05, 0.1) is 23.5 Å². The molecule has 1 fully saturated rings. The number of hydrogen-bond donors (Lipinski definition) is 1. The first-order valence-corrected chi connectivity index (χ1v) is 6.89. The van der Waals surface area contributed by atoms with E-state index in [1.807, 2.05) is 32.7 Å². The maximum Gasteiger partial charge on any atom is 0.258 e. The summed E-state index contributed by atoms with van der Waals surface area (Å²) in [6, 6.07) is 0. The predicted molar refractivity (Wildman–Crippen MR) is 72.3 cm³/mol. The van der Waals surface area contributed by atoms with Gasteiger partial charge in [-0.3, -0.25) is 4.79 Å². The van der Waals surface area contributed by atoms with Crippen LogP contribution in [0.2, 0.25) is 0 Å². The van der Waals surface area contributed by atoms with Crippen LogP contribution in [0.4, 0.5) is 5.00 Å². The smallest absolute Gasteiger partial charge is 0.258 e. The fourth-order valence-electron chi connectivity index (χ4n) is 2.29. The standard InChI is InChI=1S/C12H19N3O2S/c1-7-5-15(6-8(2)17-7)12(16)10-9(3)14-18-11(10)13-4/h7-8,13H,5-6H2,1-4H3/t7-,8-/m1/s1. The quantitative estimate of drug-likeness (QED) is 0.888. The van der Waals surface area contributed by atoms with Gasteiger partial charge in [-0.1, -0.05) is 0 Å². The third-order valence-corrected chi connectivity index (χ3v) is 3.97. The summed E-state index contributed by atoms with van der Waals surface area (Å²) in [5, 5.41) is 3.87. The first-order valence-electron chi connectivity index (χ1n) is 6.11. The van der Waals surface area contributed by atoms with E-state index in [0.29, 0.717) is 18.7 Å². The fourth-order valence-corrected chi connectivity index (χ4v) is 3.03. The van der Waals surface area contributed by atoms with Gasteiger partial charge >= 0.3 is 0 Å². The summed E-state index contributed by atoms with van der Waals surface area (Å²) < 4.78 is 9.89. The Morgan fingerprint density at radius 3 is 2.61 bits per heavy atom. The summed E-state index contributed by atoms with van der Waals surface area (Å²) >= 11 is 1.33. The number of nitrogens with zero attached hydrogens (tertiary/aromatic N) is 2. The lowest BCUT2D eigenvalue weighted by Crippen LogP contribution is -2.48. The molecule has 0 unspecified atom stereocenters. The highest BCUT2D eigenvalue weighted by atomic mass is 32.1. The Morgan fingerprint density at radius 1 is 1.44 bits per heavy atom. The lowest BCUT2D eigenvalue weighted by Gasteiger charge is -2.35. The molecule has 0 aliphatic carbocycles. The van der Waals surface area contributed by atoms with Gasteiger partial charge in [0, 0.05) is 20.1 Å². The second-order valence-electron chi connectivity index (χ2n) is 4.69. The van der Waals surface area contributed by atoms with E-state index in [-0.39, 0.29) is 18.1 Å². The fraction of sp³-hybridized carbons (Fsp3) is 0.667. The summed E-state index contributed by atoms with van der Waals surface area (Å²) in [6.45, 7) is 7.14. The molecule has 2 rings (SSSR count). The number of carbonyl (C=O) groups is 1. The number of morpholine rings is 1. The molecular weight excluding hydrogens is 250 g/mol. The maximum absolute atomic E-state index is 12.5. The molecule has 0 saturated carbocycles. The van der Waals surface area contributed by atoms with Crippen molar-refractivity contribution in [2.45, 2.75) is 33.0 Å². The van der Waals surface area contributed by atoms with E-state index in [9.17, 15) is 4.79 Å². The third-order valence-electron chi connectivity index (χ3n) is 3.01. The number of anilines is 1. The highest BCUT2D eigenvalue weighted by Crippen LogP contribution is 2.26. The molecule has 1 aromatic heterocycles. The average Bonchev–Trinajstić information content (AvgIpc) is 2.68. The Labute approximate surface area is 111 Å². The van der Waals surface area contributed by atoms with Gasteiger partial charge in [0.1, 0.15) is 5.00 Å². The number of hydrogen-bond acceptors (Lipinski definition) is 5. The van der Waals surface area contributed by atoms with Gasteiger partial charge in [-0.2, -0.15) is 4.37 Å². The molecule has 2 heterocycles. The molecule has 100 valence electrons. The largest absolute Gasteiger partial charge is 0.378 e. The summed E-state index contributed by atoms with van der Waals surface area (Å²) in [6.07, 6.45) is 0.172. The van der Waals surface area contributed by atoms with E-state index in [0.717, 1.165) is 10.7 Å². The monoisotopic (exact) mass is 269 g/mol. The molecule has 1 N–H and O–H groups in total. The van der Waals surface area contributed by atoms with Gasteiger partial charge in [-0.25, -0.2) is 0 Å². The summed E-state index contributed by atoms with van der Waals surface area (Å²) in [5.74, 6) is 0.0487. The molecule has 1 aromatic rings. The minimum atomic E-state index is 0.0487. The maximum atomic E-state index is 12.5. The van der Waals surface area contributed by atoms with Crippen LogP contribution < -0.4 is 5.32 Å². The number of aromatic nitrogens is 1. The van der Waals surface area contributed by atoms with Crippen molar-refractivity contribution in [2.24, 2.45) is 0 Å². The first kappa shape index (κ1) is 13.3. The van der Waals surface area contributed by atoms with Gasteiger partial charge < -0.3 is 15.0 Å². The normalized spacial score (nSPS) is 24.1. The minimum absolute atomic E-state index is 0.0487. The molecule has 1 amide bonds. The van der Waals surface area contributed by atoms with Crippen molar-refractivity contribution in [3.63, 3.8) is 0 Å². The molecule has 2 atom stereocenters. The van der Waals surface area contributed by atoms with Crippen LogP contribution >= 0.6 is 11.5 Å². The highest BCUT2D eigenvalue weighted by Gasteiger charge is 2.29. The van der Waals surface area contributed by atoms with Crippen LogP contribution in [0.1, 0.15) is 29.9 Å². The molecule has 1 aliphatic rings. The molecule has 0 radical (unpaired) electrons. The van der Waals surface area contributed by atoms with Crippen LogP contribution in [0.5, 0.6) is 0 Å². The predicted octanol–water partition coefficient (Wildman–Crippen LogP) is 1.74. The molecule has 5 nitrogen and oxygen atoms in total. The molecule has 6 heteroatoms. The molecule has 18 heavy (non-hydrogen) atoms. The lowest BCUT2D eigenvalue weighted by molar-refractivity contribution is -0.0586. The molecule has 0 aromatic carbocycles. The zero-order chi connectivity index (χ0) is 13.3. The Hall–Kier alpha value is -1.14. The Morgan fingerprint density at radius 2 is 2.06 bits per heavy atom. The Balaban J connectivity index is 2.22. The van der Waals surface area contributed by atoms with Crippen LogP contribution in [-0.4, -0.2) is 47.5 Å². The number of rotatable bonds is 2. The minimum Gasteiger partial charge on any atom is -0.378 e. The van der Waals surface area contributed by atoms with Crippen molar-refractivity contribution in [3.8, 4) is 0 Å². The zero-order valence-electron chi connectivity index (χ0n) is 11.2. The first-order chi connectivity index (χ1) is 8.52. The summed E-state index contributed by atoms with van der Waals surface area (Å²) in [7, 11) is 1.81. The molecular formula is C12H19N3O2S. The van der Waals surface area contributed by atoms with Gasteiger partial charge in [0.25, 0.3) is 5.91 Å². The van der Waals surface area contributed by atoms with Crippen molar-refractivity contribution in [1.82, 2.24) is 9.27 Å². The van der Waals surface area contributed by atoms with Gasteiger partial charge in [0.15, 0.2) is 0 Å². The van der Waals surface area contributed by atoms with Crippen molar-refractivity contribution >= 4 is 22.4 Å². The molecule has 1 saturated heterocycles. The summed E-state index contributed by atoms with van der Waals surface area (Å²) in [5.41, 5.74) is 1.49.